The van der Waals surface area contributed by atoms with Gasteiger partial charge in [0.25, 0.3) is 0 Å². The molecule has 1 aromatic carbocycles. The van der Waals surface area contributed by atoms with Crippen LogP contribution in [0, 0.1) is 6.92 Å². The van der Waals surface area contributed by atoms with E-state index >= 15 is 0 Å². The number of rotatable bonds is 3. The molecule has 6 heteroatoms. The van der Waals surface area contributed by atoms with Crippen molar-refractivity contribution >= 4 is 27.1 Å². The summed E-state index contributed by atoms with van der Waals surface area (Å²) in [6.45, 7) is 1.91. The quantitative estimate of drug-likeness (QED) is 0.818. The first-order valence-corrected chi connectivity index (χ1v) is 8.63. The topological polar surface area (TPSA) is 60.4 Å². The Kier molecular flexibility index (Phi) is 3.96. The average Bonchev–Trinajstić information content (AvgIpc) is 2.82. The molecule has 4 nitrogen and oxygen atoms in total. The number of carbonyl (C=O) groups is 1. The molecule has 0 aliphatic rings. The Labute approximate surface area is 121 Å². The molecule has 0 spiro atoms. The van der Waals surface area contributed by atoms with Crippen LogP contribution in [0.4, 0.5) is 0 Å². The van der Waals surface area contributed by atoms with Crippen LogP contribution < -0.4 is 0 Å². The van der Waals surface area contributed by atoms with Crippen molar-refractivity contribution in [3.05, 3.63) is 40.1 Å². The van der Waals surface area contributed by atoms with Crippen molar-refractivity contribution in [3.63, 3.8) is 0 Å². The predicted octanol–water partition coefficient (Wildman–Crippen LogP) is 2.91. The van der Waals surface area contributed by atoms with E-state index in [1.165, 1.54) is 30.6 Å². The van der Waals surface area contributed by atoms with Crippen molar-refractivity contribution in [1.82, 2.24) is 0 Å². The molecular formula is C14H14O4S2. The number of sulfone groups is 1. The van der Waals surface area contributed by atoms with Gasteiger partial charge in [-0.1, -0.05) is 0 Å². The zero-order valence-electron chi connectivity index (χ0n) is 11.3. The molecule has 106 valence electrons. The predicted molar refractivity (Wildman–Crippen MR) is 78.9 cm³/mol. The maximum absolute atomic E-state index is 11.9. The van der Waals surface area contributed by atoms with Gasteiger partial charge in [-0.05, 0) is 47.0 Å². The number of benzene rings is 1. The monoisotopic (exact) mass is 310 g/mol. The van der Waals surface area contributed by atoms with Crippen molar-refractivity contribution in [3.8, 4) is 11.1 Å². The molecule has 2 rings (SSSR count). The van der Waals surface area contributed by atoms with Crippen LogP contribution in [0.15, 0.2) is 33.9 Å². The molecule has 0 unspecified atom stereocenters. The molecule has 0 aliphatic heterocycles. The zero-order chi connectivity index (χ0) is 14.9. The van der Waals surface area contributed by atoms with Gasteiger partial charge >= 0.3 is 5.97 Å². The fourth-order valence-corrected chi connectivity index (χ4v) is 3.68. The minimum atomic E-state index is -3.37. The summed E-state index contributed by atoms with van der Waals surface area (Å²) < 4.78 is 28.5. The third-order valence-electron chi connectivity index (χ3n) is 2.95. The Hall–Kier alpha value is -1.66. The van der Waals surface area contributed by atoms with Crippen LogP contribution in [0.5, 0.6) is 0 Å². The van der Waals surface area contributed by atoms with Gasteiger partial charge in [-0.3, -0.25) is 0 Å². The van der Waals surface area contributed by atoms with Crippen LogP contribution in [-0.4, -0.2) is 27.8 Å². The Balaban J connectivity index is 2.73. The number of thiophene rings is 1. The van der Waals surface area contributed by atoms with E-state index < -0.39 is 15.8 Å². The van der Waals surface area contributed by atoms with E-state index in [1.807, 2.05) is 17.7 Å². The number of aryl methyl sites for hydroxylation is 1. The van der Waals surface area contributed by atoms with Gasteiger partial charge < -0.3 is 4.74 Å². The molecule has 0 saturated heterocycles. The first kappa shape index (κ1) is 14.7. The largest absolute Gasteiger partial charge is 0.465 e. The molecule has 0 N–H and O–H groups in total. The summed E-state index contributed by atoms with van der Waals surface area (Å²) in [5, 5.41) is 3.81. The lowest BCUT2D eigenvalue weighted by atomic mass is 10.0. The van der Waals surface area contributed by atoms with E-state index in [-0.39, 0.29) is 4.90 Å². The molecule has 0 radical (unpaired) electrons. The zero-order valence-corrected chi connectivity index (χ0v) is 13.0. The lowest BCUT2D eigenvalue weighted by molar-refractivity contribution is 0.0600. The number of hydrogen-bond donors (Lipinski definition) is 0. The Morgan fingerprint density at radius 1 is 1.20 bits per heavy atom. The SMILES string of the molecule is COC(=O)c1ccc(S(C)(=O)=O)c(-c2cscc2C)c1. The summed E-state index contributed by atoms with van der Waals surface area (Å²) in [7, 11) is -2.08. The standard InChI is InChI=1S/C14H14O4S2/c1-9-7-19-8-12(9)11-6-10(14(15)18-2)4-5-13(11)20(3,16)17/h4-8H,1-3H3. The summed E-state index contributed by atoms with van der Waals surface area (Å²) in [4.78, 5) is 11.8. The van der Waals surface area contributed by atoms with E-state index in [2.05, 4.69) is 4.74 Å². The van der Waals surface area contributed by atoms with E-state index in [4.69, 9.17) is 0 Å². The minimum Gasteiger partial charge on any atom is -0.465 e. The van der Waals surface area contributed by atoms with Gasteiger partial charge in [0, 0.05) is 11.8 Å². The molecule has 20 heavy (non-hydrogen) atoms. The molecule has 1 heterocycles. The smallest absolute Gasteiger partial charge is 0.337 e. The number of esters is 1. The van der Waals surface area contributed by atoms with Gasteiger partial charge in [0.05, 0.1) is 17.6 Å². The molecule has 0 amide bonds. The van der Waals surface area contributed by atoms with Gasteiger partial charge in [0.2, 0.25) is 0 Å². The number of carbonyl (C=O) groups excluding carboxylic acids is 1. The molecule has 0 atom stereocenters. The van der Waals surface area contributed by atoms with Crippen LogP contribution >= 0.6 is 11.3 Å². The fourth-order valence-electron chi connectivity index (χ4n) is 1.95. The van der Waals surface area contributed by atoms with Gasteiger partial charge in [-0.2, -0.15) is 11.3 Å². The summed E-state index contributed by atoms with van der Waals surface area (Å²) in [5.74, 6) is -0.487. The fraction of sp³-hybridized carbons (Fsp3) is 0.214. The first-order valence-electron chi connectivity index (χ1n) is 5.80. The second kappa shape index (κ2) is 5.38. The Bertz CT molecular complexity index is 757. The van der Waals surface area contributed by atoms with E-state index in [9.17, 15) is 13.2 Å². The first-order chi connectivity index (χ1) is 9.34. The summed E-state index contributed by atoms with van der Waals surface area (Å²) >= 11 is 1.49. The van der Waals surface area contributed by atoms with Crippen molar-refractivity contribution in [2.45, 2.75) is 11.8 Å². The van der Waals surface area contributed by atoms with Gasteiger partial charge in [0.15, 0.2) is 9.84 Å². The van der Waals surface area contributed by atoms with Crippen molar-refractivity contribution in [2.24, 2.45) is 0 Å². The molecule has 1 aromatic heterocycles. The lowest BCUT2D eigenvalue weighted by Crippen LogP contribution is -2.05. The summed E-state index contributed by atoms with van der Waals surface area (Å²) in [5.41, 5.74) is 2.66. The van der Waals surface area contributed by atoms with Crippen LogP contribution in [-0.2, 0) is 14.6 Å². The number of hydrogen-bond acceptors (Lipinski definition) is 5. The number of ether oxygens (including phenoxy) is 1. The second-order valence-electron chi connectivity index (χ2n) is 4.44. The van der Waals surface area contributed by atoms with Gasteiger partial charge in [-0.25, -0.2) is 13.2 Å². The highest BCUT2D eigenvalue weighted by Gasteiger charge is 2.19. The minimum absolute atomic E-state index is 0.214. The maximum Gasteiger partial charge on any atom is 0.337 e. The van der Waals surface area contributed by atoms with Crippen molar-refractivity contribution < 1.29 is 17.9 Å². The third kappa shape index (κ3) is 2.76. The van der Waals surface area contributed by atoms with Crippen LogP contribution in [0.25, 0.3) is 11.1 Å². The Morgan fingerprint density at radius 2 is 1.90 bits per heavy atom. The third-order valence-corrected chi connectivity index (χ3v) is 4.96. The second-order valence-corrected chi connectivity index (χ2v) is 7.17. The molecule has 0 saturated carbocycles. The molecule has 0 aliphatic carbocycles. The normalized spacial score (nSPS) is 11.3. The summed E-state index contributed by atoms with van der Waals surface area (Å²) in [6, 6.07) is 4.48. The molecular weight excluding hydrogens is 296 g/mol. The van der Waals surface area contributed by atoms with E-state index in [1.54, 1.807) is 6.07 Å². The molecule has 0 bridgehead atoms. The van der Waals surface area contributed by atoms with Crippen molar-refractivity contribution in [1.29, 1.82) is 0 Å². The Morgan fingerprint density at radius 3 is 2.40 bits per heavy atom. The molecule has 0 fully saturated rings. The lowest BCUT2D eigenvalue weighted by Gasteiger charge is -2.10. The number of methoxy groups -OCH3 is 1. The van der Waals surface area contributed by atoms with E-state index in [0.29, 0.717) is 11.1 Å². The van der Waals surface area contributed by atoms with Crippen molar-refractivity contribution in [2.75, 3.05) is 13.4 Å². The van der Waals surface area contributed by atoms with Crippen LogP contribution in [0.1, 0.15) is 15.9 Å². The van der Waals surface area contributed by atoms with Gasteiger partial charge in [0.1, 0.15) is 0 Å². The highest BCUT2D eigenvalue weighted by molar-refractivity contribution is 7.90. The average molecular weight is 310 g/mol. The highest BCUT2D eigenvalue weighted by atomic mass is 32.2. The highest BCUT2D eigenvalue weighted by Crippen LogP contribution is 2.33. The van der Waals surface area contributed by atoms with Crippen LogP contribution in [0.3, 0.4) is 0 Å². The van der Waals surface area contributed by atoms with Gasteiger partial charge in [-0.15, -0.1) is 0 Å². The van der Waals surface area contributed by atoms with Crippen LogP contribution in [0.2, 0.25) is 0 Å². The summed E-state index contributed by atoms with van der Waals surface area (Å²) in [6.07, 6.45) is 1.16. The van der Waals surface area contributed by atoms with E-state index in [0.717, 1.165) is 17.4 Å². The molecule has 2 aromatic rings. The maximum atomic E-state index is 11.9.